The second-order valence-electron chi connectivity index (χ2n) is 7.53. The number of thiophene rings is 2. The minimum absolute atomic E-state index is 0.0421. The molecule has 1 aliphatic rings. The molecule has 10 heteroatoms. The maximum Gasteiger partial charge on any atom is 0.349 e. The molecule has 4 aromatic rings. The molecule has 1 aliphatic heterocycles. The van der Waals surface area contributed by atoms with Crippen molar-refractivity contribution >= 4 is 50.3 Å². The van der Waals surface area contributed by atoms with E-state index in [-0.39, 0.29) is 11.5 Å². The molecule has 0 N–H and O–H groups in total. The van der Waals surface area contributed by atoms with Gasteiger partial charge in [-0.2, -0.15) is 5.10 Å². The lowest BCUT2D eigenvalue weighted by atomic mass is 10.1. The molecule has 0 spiro atoms. The number of halogens is 1. The van der Waals surface area contributed by atoms with Gasteiger partial charge in [0.15, 0.2) is 6.61 Å². The number of hydrazone groups is 1. The highest BCUT2D eigenvalue weighted by Gasteiger charge is 2.35. The third-order valence-corrected chi connectivity index (χ3v) is 7.50. The van der Waals surface area contributed by atoms with Crippen molar-refractivity contribution in [2.75, 3.05) is 13.7 Å². The highest BCUT2D eigenvalue weighted by atomic mass is 32.1. The van der Waals surface area contributed by atoms with Crippen molar-refractivity contribution in [2.45, 2.75) is 19.1 Å². The van der Waals surface area contributed by atoms with Crippen LogP contribution in [-0.2, 0) is 20.9 Å². The molecule has 0 saturated heterocycles. The van der Waals surface area contributed by atoms with Crippen LogP contribution in [-0.4, -0.2) is 36.3 Å². The van der Waals surface area contributed by atoms with Gasteiger partial charge in [0, 0.05) is 29.2 Å². The summed E-state index contributed by atoms with van der Waals surface area (Å²) in [5.74, 6) is -1.04. The molecule has 3 aromatic heterocycles. The van der Waals surface area contributed by atoms with E-state index in [1.54, 1.807) is 30.5 Å². The van der Waals surface area contributed by atoms with E-state index in [0.717, 1.165) is 21.9 Å². The van der Waals surface area contributed by atoms with Crippen molar-refractivity contribution in [3.63, 3.8) is 0 Å². The van der Waals surface area contributed by atoms with Crippen LogP contribution in [0.15, 0.2) is 63.6 Å². The Hall–Kier alpha value is -3.34. The number of nitrogens with zero attached hydrogens (tertiary/aromatic N) is 2. The molecular weight excluding hydrogens is 479 g/mol. The Morgan fingerprint density at radius 3 is 2.85 bits per heavy atom. The van der Waals surface area contributed by atoms with E-state index in [0.29, 0.717) is 27.8 Å². The van der Waals surface area contributed by atoms with Crippen LogP contribution in [0.1, 0.15) is 38.3 Å². The van der Waals surface area contributed by atoms with Gasteiger partial charge in [-0.25, -0.2) is 14.2 Å². The highest BCUT2D eigenvalue weighted by molar-refractivity contribution is 7.21. The third-order valence-electron chi connectivity index (χ3n) is 5.41. The Balaban J connectivity index is 1.36. The van der Waals surface area contributed by atoms with E-state index < -0.39 is 30.3 Å². The Kier molecular flexibility index (Phi) is 6.27. The van der Waals surface area contributed by atoms with Crippen LogP contribution in [0.4, 0.5) is 4.39 Å². The summed E-state index contributed by atoms with van der Waals surface area (Å²) < 4.78 is 31.1. The molecule has 34 heavy (non-hydrogen) atoms. The Bertz CT molecular complexity index is 1360. The number of benzene rings is 1. The monoisotopic (exact) mass is 498 g/mol. The maximum absolute atomic E-state index is 14.4. The van der Waals surface area contributed by atoms with Crippen LogP contribution in [0.25, 0.3) is 10.1 Å². The van der Waals surface area contributed by atoms with E-state index in [2.05, 4.69) is 5.10 Å². The summed E-state index contributed by atoms with van der Waals surface area (Å²) in [5, 5.41) is 8.08. The van der Waals surface area contributed by atoms with Crippen molar-refractivity contribution in [1.82, 2.24) is 5.01 Å². The van der Waals surface area contributed by atoms with Gasteiger partial charge in [0.25, 0.3) is 5.91 Å². The molecule has 0 aliphatic carbocycles. The van der Waals surface area contributed by atoms with Gasteiger partial charge >= 0.3 is 5.97 Å². The first-order valence-corrected chi connectivity index (χ1v) is 12.1. The number of hydrogen-bond acceptors (Lipinski definition) is 8. The summed E-state index contributed by atoms with van der Waals surface area (Å²) in [5.41, 5.74) is 1.17. The first-order valence-electron chi connectivity index (χ1n) is 10.4. The second-order valence-corrected chi connectivity index (χ2v) is 9.53. The van der Waals surface area contributed by atoms with Crippen molar-refractivity contribution < 1.29 is 27.9 Å². The normalized spacial score (nSPS) is 15.6. The lowest BCUT2D eigenvalue weighted by Gasteiger charge is -2.19. The Morgan fingerprint density at radius 2 is 2.12 bits per heavy atom. The minimum Gasteiger partial charge on any atom is -0.467 e. The number of esters is 1. The predicted molar refractivity (Wildman–Crippen MR) is 127 cm³/mol. The van der Waals surface area contributed by atoms with E-state index >= 15 is 0 Å². The summed E-state index contributed by atoms with van der Waals surface area (Å²) in [6.07, 6.45) is 2.03. The summed E-state index contributed by atoms with van der Waals surface area (Å²) in [7, 11) is 1.47. The third kappa shape index (κ3) is 4.15. The smallest absolute Gasteiger partial charge is 0.349 e. The number of carbonyl (C=O) groups is 2. The van der Waals surface area contributed by atoms with Crippen molar-refractivity contribution in [3.8, 4) is 0 Å². The van der Waals surface area contributed by atoms with Crippen molar-refractivity contribution in [1.29, 1.82) is 0 Å². The van der Waals surface area contributed by atoms with E-state index in [4.69, 9.17) is 13.9 Å². The van der Waals surface area contributed by atoms with Gasteiger partial charge in [0.2, 0.25) is 0 Å². The summed E-state index contributed by atoms with van der Waals surface area (Å²) in [6, 6.07) is 11.6. The van der Waals surface area contributed by atoms with Gasteiger partial charge in [-0.05, 0) is 35.7 Å². The topological polar surface area (TPSA) is 81.3 Å². The number of fused-ring (bicyclic) bond motifs is 1. The van der Waals surface area contributed by atoms with Crippen LogP contribution in [0.5, 0.6) is 0 Å². The zero-order chi connectivity index (χ0) is 23.7. The Morgan fingerprint density at radius 1 is 1.24 bits per heavy atom. The average molecular weight is 499 g/mol. The SMILES string of the molecule is COCc1c(C(=O)OCC(=O)N2N=C(c3cccs3)CC2c2ccco2)sc2cccc(F)c12. The fourth-order valence-electron chi connectivity index (χ4n) is 3.91. The average Bonchev–Trinajstić information content (AvgIpc) is 3.63. The van der Waals surface area contributed by atoms with Crippen molar-refractivity contribution in [3.05, 3.63) is 81.0 Å². The zero-order valence-electron chi connectivity index (χ0n) is 18.0. The summed E-state index contributed by atoms with van der Waals surface area (Å²) in [6.45, 7) is -0.471. The van der Waals surface area contributed by atoms with Crippen LogP contribution in [0.2, 0.25) is 0 Å². The van der Waals surface area contributed by atoms with Crippen LogP contribution >= 0.6 is 22.7 Å². The number of ether oxygens (including phenoxy) is 2. The van der Waals surface area contributed by atoms with Crippen molar-refractivity contribution in [2.24, 2.45) is 5.10 Å². The quantitative estimate of drug-likeness (QED) is 0.320. The fourth-order valence-corrected chi connectivity index (χ4v) is 5.74. The molecule has 0 radical (unpaired) electrons. The van der Waals surface area contributed by atoms with Gasteiger partial charge in [-0.1, -0.05) is 12.1 Å². The molecule has 1 unspecified atom stereocenters. The molecule has 0 saturated carbocycles. The maximum atomic E-state index is 14.4. The number of furan rings is 1. The molecule has 174 valence electrons. The first-order chi connectivity index (χ1) is 16.6. The zero-order valence-corrected chi connectivity index (χ0v) is 19.7. The minimum atomic E-state index is -0.711. The first kappa shape index (κ1) is 22.5. The fraction of sp³-hybridized carbons (Fsp3) is 0.208. The van der Waals surface area contributed by atoms with E-state index in [1.807, 2.05) is 17.5 Å². The summed E-state index contributed by atoms with van der Waals surface area (Å²) >= 11 is 2.64. The molecule has 4 heterocycles. The van der Waals surface area contributed by atoms with Gasteiger partial charge < -0.3 is 13.9 Å². The molecule has 1 amide bonds. The Labute approximate surface area is 202 Å². The number of amides is 1. The standard InChI is InChI=1S/C24H19FN2O5S2/c1-30-12-14-22-15(25)5-2-7-20(22)34-23(14)24(29)32-13-21(28)27-17(18-6-3-9-31-18)11-16(26-27)19-8-4-10-33-19/h2-10,17H,11-13H2,1H3. The van der Waals surface area contributed by atoms with Gasteiger partial charge in [-0.3, -0.25) is 4.79 Å². The van der Waals surface area contributed by atoms with Gasteiger partial charge in [-0.15, -0.1) is 22.7 Å². The van der Waals surface area contributed by atoms with Crippen LogP contribution < -0.4 is 0 Å². The predicted octanol–water partition coefficient (Wildman–Crippen LogP) is 5.38. The molecule has 1 aromatic carbocycles. The molecule has 5 rings (SSSR count). The van der Waals surface area contributed by atoms with Crippen LogP contribution in [0, 0.1) is 5.82 Å². The van der Waals surface area contributed by atoms with Gasteiger partial charge in [0.1, 0.15) is 22.5 Å². The lowest BCUT2D eigenvalue weighted by molar-refractivity contribution is -0.136. The van der Waals surface area contributed by atoms with E-state index in [9.17, 15) is 14.0 Å². The second kappa shape index (κ2) is 9.49. The highest BCUT2D eigenvalue weighted by Crippen LogP contribution is 2.36. The molecule has 0 fully saturated rings. The summed E-state index contributed by atoms with van der Waals surface area (Å²) in [4.78, 5) is 27.1. The van der Waals surface area contributed by atoms with Crippen LogP contribution in [0.3, 0.4) is 0 Å². The van der Waals surface area contributed by atoms with E-state index in [1.165, 1.54) is 29.5 Å². The molecule has 0 bridgehead atoms. The lowest BCUT2D eigenvalue weighted by Crippen LogP contribution is -2.31. The largest absolute Gasteiger partial charge is 0.467 e. The molecule has 1 atom stereocenters. The molecule has 7 nitrogen and oxygen atoms in total. The number of methoxy groups -OCH3 is 1. The number of carbonyl (C=O) groups excluding carboxylic acids is 2. The van der Waals surface area contributed by atoms with Gasteiger partial charge in [0.05, 0.1) is 23.5 Å². The number of rotatable bonds is 7. The number of hydrogen-bond donors (Lipinski definition) is 0. The molecular formula is C24H19FN2O5S2.